The van der Waals surface area contributed by atoms with Crippen molar-refractivity contribution in [1.82, 2.24) is 5.32 Å². The van der Waals surface area contributed by atoms with E-state index in [0.717, 1.165) is 25.7 Å². The van der Waals surface area contributed by atoms with E-state index in [1.807, 2.05) is 0 Å². The smallest absolute Gasteiger partial charge is 0.0623 e. The zero-order chi connectivity index (χ0) is 15.9. The van der Waals surface area contributed by atoms with Crippen LogP contribution in [0.1, 0.15) is 58.9 Å². The number of benzene rings is 1. The molecule has 0 radical (unpaired) electrons. The van der Waals surface area contributed by atoms with Crippen LogP contribution in [0.25, 0.3) is 0 Å². The van der Waals surface area contributed by atoms with Crippen molar-refractivity contribution in [2.45, 2.75) is 70.4 Å². The molecule has 0 bridgehead atoms. The summed E-state index contributed by atoms with van der Waals surface area (Å²) in [7, 11) is 3.89. The highest BCUT2D eigenvalue weighted by Crippen LogP contribution is 2.37. The van der Waals surface area contributed by atoms with Crippen LogP contribution in [0.3, 0.4) is 0 Å². The Morgan fingerprint density at radius 2 is 1.67 bits per heavy atom. The monoisotopic (exact) mass is 291 g/mol. The van der Waals surface area contributed by atoms with Crippen molar-refractivity contribution in [1.29, 1.82) is 0 Å². The van der Waals surface area contributed by atoms with E-state index in [1.165, 1.54) is 5.56 Å². The minimum Gasteiger partial charge on any atom is -0.379 e. The van der Waals surface area contributed by atoms with Gasteiger partial charge in [-0.15, -0.1) is 0 Å². The van der Waals surface area contributed by atoms with Gasteiger partial charge in [0.25, 0.3) is 0 Å². The lowest BCUT2D eigenvalue weighted by atomic mass is 9.68. The molecule has 0 fully saturated rings. The number of nitrogens with one attached hydrogen (secondary N) is 1. The lowest BCUT2D eigenvalue weighted by molar-refractivity contribution is 0.00930. The van der Waals surface area contributed by atoms with E-state index < -0.39 is 0 Å². The molecule has 0 saturated heterocycles. The minimum absolute atomic E-state index is 0.0565. The molecule has 21 heavy (non-hydrogen) atoms. The van der Waals surface area contributed by atoms with Crippen molar-refractivity contribution in [3.05, 3.63) is 35.9 Å². The van der Waals surface area contributed by atoms with Gasteiger partial charge < -0.3 is 10.1 Å². The molecular weight excluding hydrogens is 258 g/mol. The average molecular weight is 291 g/mol. The van der Waals surface area contributed by atoms with E-state index in [0.29, 0.717) is 6.04 Å². The predicted molar refractivity (Wildman–Crippen MR) is 91.9 cm³/mol. The fourth-order valence-electron chi connectivity index (χ4n) is 3.41. The van der Waals surface area contributed by atoms with Gasteiger partial charge in [-0.3, -0.25) is 0 Å². The van der Waals surface area contributed by atoms with E-state index in [2.05, 4.69) is 70.4 Å². The first-order valence-electron chi connectivity index (χ1n) is 8.23. The summed E-state index contributed by atoms with van der Waals surface area (Å²) >= 11 is 0. The highest BCUT2D eigenvalue weighted by atomic mass is 16.5. The third kappa shape index (κ3) is 4.31. The molecule has 1 rings (SSSR count). The quantitative estimate of drug-likeness (QED) is 0.721. The zero-order valence-corrected chi connectivity index (χ0v) is 14.7. The van der Waals surface area contributed by atoms with Gasteiger partial charge in [0.15, 0.2) is 0 Å². The van der Waals surface area contributed by atoms with E-state index in [4.69, 9.17) is 4.74 Å². The van der Waals surface area contributed by atoms with Crippen LogP contribution < -0.4 is 5.32 Å². The Labute approximate surface area is 131 Å². The maximum atomic E-state index is 5.59. The van der Waals surface area contributed by atoms with Crippen molar-refractivity contribution in [2.24, 2.45) is 0 Å². The summed E-state index contributed by atoms with van der Waals surface area (Å²) in [6, 6.07) is 11.4. The largest absolute Gasteiger partial charge is 0.379 e. The summed E-state index contributed by atoms with van der Waals surface area (Å²) in [5, 5.41) is 3.58. The van der Waals surface area contributed by atoms with Crippen molar-refractivity contribution in [2.75, 3.05) is 14.2 Å². The Morgan fingerprint density at radius 3 is 2.10 bits per heavy atom. The summed E-state index contributed by atoms with van der Waals surface area (Å²) < 4.78 is 5.59. The Bertz CT molecular complexity index is 395. The van der Waals surface area contributed by atoms with Crippen molar-refractivity contribution < 1.29 is 4.74 Å². The number of methoxy groups -OCH3 is 1. The molecule has 1 atom stereocenters. The molecule has 0 aliphatic rings. The molecule has 0 aromatic heterocycles. The first-order chi connectivity index (χ1) is 9.95. The molecule has 0 aliphatic heterocycles. The van der Waals surface area contributed by atoms with Gasteiger partial charge in [0.05, 0.1) is 5.60 Å². The average Bonchev–Trinajstić information content (AvgIpc) is 2.52. The Morgan fingerprint density at radius 1 is 1.10 bits per heavy atom. The Balaban J connectivity index is 3.01. The van der Waals surface area contributed by atoms with Crippen LogP contribution >= 0.6 is 0 Å². The van der Waals surface area contributed by atoms with Crippen LogP contribution in [0.15, 0.2) is 30.3 Å². The zero-order valence-electron chi connectivity index (χ0n) is 14.7. The van der Waals surface area contributed by atoms with Gasteiger partial charge in [0.2, 0.25) is 0 Å². The van der Waals surface area contributed by atoms with Crippen LogP contribution in [0.4, 0.5) is 0 Å². The van der Waals surface area contributed by atoms with Crippen LogP contribution in [0, 0.1) is 0 Å². The first kappa shape index (κ1) is 18.2. The van der Waals surface area contributed by atoms with Gasteiger partial charge in [-0.25, -0.2) is 0 Å². The number of hydrogen-bond donors (Lipinski definition) is 1. The highest BCUT2D eigenvalue weighted by Gasteiger charge is 2.37. The normalized spacial score (nSPS) is 14.2. The number of hydrogen-bond acceptors (Lipinski definition) is 2. The van der Waals surface area contributed by atoms with E-state index >= 15 is 0 Å². The molecule has 1 aromatic rings. The summed E-state index contributed by atoms with van der Waals surface area (Å²) in [4.78, 5) is 0. The molecule has 1 aromatic carbocycles. The summed E-state index contributed by atoms with van der Waals surface area (Å²) in [5.41, 5.74) is 1.59. The second-order valence-electron chi connectivity index (χ2n) is 6.57. The van der Waals surface area contributed by atoms with Gasteiger partial charge in [-0.05, 0) is 52.1 Å². The van der Waals surface area contributed by atoms with Crippen LogP contribution in [0.5, 0.6) is 0 Å². The molecule has 0 aliphatic carbocycles. The maximum Gasteiger partial charge on any atom is 0.0623 e. The number of ether oxygens (including phenoxy) is 1. The second-order valence-corrected chi connectivity index (χ2v) is 6.57. The lowest BCUT2D eigenvalue weighted by Gasteiger charge is -2.41. The third-order valence-electron chi connectivity index (χ3n) is 5.21. The molecular formula is C19H33NO. The van der Waals surface area contributed by atoms with Gasteiger partial charge in [0, 0.05) is 18.6 Å². The summed E-state index contributed by atoms with van der Waals surface area (Å²) in [5.74, 6) is 0. The van der Waals surface area contributed by atoms with Gasteiger partial charge in [0.1, 0.15) is 0 Å². The van der Waals surface area contributed by atoms with Crippen molar-refractivity contribution >= 4 is 0 Å². The predicted octanol–water partition coefficient (Wildman–Crippen LogP) is 4.54. The number of likely N-dealkylation sites (N-methyl/N-ethyl adjacent to an activating group) is 1. The molecule has 2 nitrogen and oxygen atoms in total. The molecule has 1 unspecified atom stereocenters. The van der Waals surface area contributed by atoms with Crippen molar-refractivity contribution in [3.63, 3.8) is 0 Å². The molecule has 1 N–H and O–H groups in total. The third-order valence-corrected chi connectivity index (χ3v) is 5.21. The van der Waals surface area contributed by atoms with Crippen LogP contribution in [-0.4, -0.2) is 25.8 Å². The minimum atomic E-state index is -0.0565. The second kappa shape index (κ2) is 7.95. The van der Waals surface area contributed by atoms with E-state index in [-0.39, 0.29) is 11.0 Å². The molecule has 2 heteroatoms. The molecule has 0 heterocycles. The number of rotatable bonds is 9. The molecule has 0 saturated carbocycles. The lowest BCUT2D eigenvalue weighted by Crippen LogP contribution is -2.47. The SMILES string of the molecule is CCC(CC)(c1ccccc1)C(CCC(C)(C)OC)NC. The van der Waals surface area contributed by atoms with Crippen molar-refractivity contribution in [3.8, 4) is 0 Å². The topological polar surface area (TPSA) is 21.3 Å². The molecule has 0 amide bonds. The fraction of sp³-hybridized carbons (Fsp3) is 0.684. The standard InChI is InChI=1S/C19H33NO/c1-7-19(8-2,16-12-10-9-11-13-16)17(20-5)14-15-18(3,4)21-6/h9-13,17,20H,7-8,14-15H2,1-6H3. The molecule has 0 spiro atoms. The first-order valence-corrected chi connectivity index (χ1v) is 8.23. The van der Waals surface area contributed by atoms with Gasteiger partial charge in [-0.1, -0.05) is 44.2 Å². The van der Waals surface area contributed by atoms with E-state index in [1.54, 1.807) is 7.11 Å². The molecule has 120 valence electrons. The summed E-state index contributed by atoms with van der Waals surface area (Å²) in [6.07, 6.45) is 4.47. The fourth-order valence-corrected chi connectivity index (χ4v) is 3.41. The van der Waals surface area contributed by atoms with E-state index in [9.17, 15) is 0 Å². The maximum absolute atomic E-state index is 5.59. The Kier molecular flexibility index (Phi) is 6.89. The van der Waals surface area contributed by atoms with Crippen LogP contribution in [-0.2, 0) is 10.2 Å². The van der Waals surface area contributed by atoms with Crippen LogP contribution in [0.2, 0.25) is 0 Å². The highest BCUT2D eigenvalue weighted by molar-refractivity contribution is 5.27. The Hall–Kier alpha value is -0.860. The van der Waals surface area contributed by atoms with Gasteiger partial charge >= 0.3 is 0 Å². The summed E-state index contributed by atoms with van der Waals surface area (Å²) in [6.45, 7) is 8.95. The van der Waals surface area contributed by atoms with Gasteiger partial charge in [-0.2, -0.15) is 0 Å².